The Morgan fingerprint density at radius 2 is 2.00 bits per heavy atom. The second kappa shape index (κ2) is 8.65. The average Bonchev–Trinajstić information content (AvgIpc) is 2.40. The van der Waals surface area contributed by atoms with E-state index in [-0.39, 0.29) is 6.09 Å². The van der Waals surface area contributed by atoms with Crippen molar-refractivity contribution in [1.82, 2.24) is 5.32 Å². The molecule has 0 bridgehead atoms. The fourth-order valence-electron chi connectivity index (χ4n) is 2.29. The molecule has 5 nitrogen and oxygen atoms in total. The van der Waals surface area contributed by atoms with Gasteiger partial charge in [0.2, 0.25) is 0 Å². The molecule has 1 rings (SSSR count). The van der Waals surface area contributed by atoms with E-state index in [2.05, 4.69) is 30.5 Å². The number of carbonyl (C=O) groups is 1. The Morgan fingerprint density at radius 3 is 2.61 bits per heavy atom. The van der Waals surface area contributed by atoms with Crippen LogP contribution in [0, 0.1) is 6.92 Å². The van der Waals surface area contributed by atoms with E-state index < -0.39 is 5.60 Å². The zero-order valence-electron chi connectivity index (χ0n) is 15.0. The number of unbranched alkanes of at least 4 members (excludes halogenated alkanes) is 1. The highest BCUT2D eigenvalue weighted by molar-refractivity contribution is 5.70. The van der Waals surface area contributed by atoms with Crippen LogP contribution < -0.4 is 16.4 Å². The van der Waals surface area contributed by atoms with E-state index in [1.165, 1.54) is 0 Å². The summed E-state index contributed by atoms with van der Waals surface area (Å²) in [6, 6.07) is 6.26. The van der Waals surface area contributed by atoms with Crippen LogP contribution >= 0.6 is 0 Å². The number of amides is 1. The summed E-state index contributed by atoms with van der Waals surface area (Å²) < 4.78 is 5.19. The van der Waals surface area contributed by atoms with E-state index in [1.54, 1.807) is 0 Å². The van der Waals surface area contributed by atoms with E-state index in [4.69, 9.17) is 10.5 Å². The van der Waals surface area contributed by atoms with Crippen molar-refractivity contribution in [1.29, 1.82) is 0 Å². The Hall–Kier alpha value is -1.91. The quantitative estimate of drug-likeness (QED) is 0.522. The van der Waals surface area contributed by atoms with E-state index in [9.17, 15) is 4.79 Å². The Bertz CT molecular complexity index is 489. The number of nitrogen functional groups attached to an aromatic ring is 1. The van der Waals surface area contributed by atoms with Crippen LogP contribution in [0.5, 0.6) is 0 Å². The number of aryl methyl sites for hydroxylation is 1. The lowest BCUT2D eigenvalue weighted by Gasteiger charge is -2.20. The molecule has 0 spiro atoms. The molecule has 4 N–H and O–H groups in total. The number of alkyl carbamates (subject to hydrolysis) is 1. The molecule has 1 atom stereocenters. The second-order valence-corrected chi connectivity index (χ2v) is 7.01. The van der Waals surface area contributed by atoms with Gasteiger partial charge in [-0.1, -0.05) is 12.1 Å². The minimum Gasteiger partial charge on any atom is -0.444 e. The lowest BCUT2D eigenvalue weighted by atomic mass is 10.1. The third-order valence-electron chi connectivity index (χ3n) is 3.43. The van der Waals surface area contributed by atoms with Gasteiger partial charge in [-0.3, -0.25) is 0 Å². The predicted octanol–water partition coefficient (Wildman–Crippen LogP) is 4.07. The molecule has 0 aromatic heterocycles. The minimum atomic E-state index is -0.448. The Morgan fingerprint density at radius 1 is 1.30 bits per heavy atom. The minimum absolute atomic E-state index is 0.333. The first-order valence-electron chi connectivity index (χ1n) is 8.27. The zero-order chi connectivity index (χ0) is 17.5. The summed E-state index contributed by atoms with van der Waals surface area (Å²) in [5.74, 6) is 0. The van der Waals surface area contributed by atoms with Crippen molar-refractivity contribution < 1.29 is 9.53 Å². The summed E-state index contributed by atoms with van der Waals surface area (Å²) in [4.78, 5) is 11.5. The summed E-state index contributed by atoms with van der Waals surface area (Å²) >= 11 is 0. The van der Waals surface area contributed by atoms with Crippen LogP contribution in [0.25, 0.3) is 0 Å². The van der Waals surface area contributed by atoms with Crippen LogP contribution in [-0.4, -0.2) is 24.3 Å². The first kappa shape index (κ1) is 19.1. The van der Waals surface area contributed by atoms with Gasteiger partial charge in [0.05, 0.1) is 11.4 Å². The summed E-state index contributed by atoms with van der Waals surface area (Å²) in [5.41, 5.74) is 8.51. The Kier molecular flexibility index (Phi) is 7.20. The van der Waals surface area contributed by atoms with Gasteiger partial charge in [0.15, 0.2) is 0 Å². The average molecular weight is 321 g/mol. The molecule has 0 radical (unpaired) electrons. The van der Waals surface area contributed by atoms with Gasteiger partial charge in [0, 0.05) is 12.6 Å². The van der Waals surface area contributed by atoms with Crippen molar-refractivity contribution in [3.63, 3.8) is 0 Å². The smallest absolute Gasteiger partial charge is 0.407 e. The highest BCUT2D eigenvalue weighted by atomic mass is 16.6. The molecule has 0 aliphatic heterocycles. The van der Waals surface area contributed by atoms with Gasteiger partial charge in [0.25, 0.3) is 0 Å². The fourth-order valence-corrected chi connectivity index (χ4v) is 2.29. The number of para-hydroxylation sites is 1. The van der Waals surface area contributed by atoms with Gasteiger partial charge in [-0.15, -0.1) is 0 Å². The topological polar surface area (TPSA) is 76.4 Å². The first-order valence-corrected chi connectivity index (χ1v) is 8.27. The van der Waals surface area contributed by atoms with Gasteiger partial charge in [-0.25, -0.2) is 4.79 Å². The maximum Gasteiger partial charge on any atom is 0.407 e. The van der Waals surface area contributed by atoms with Crippen molar-refractivity contribution in [2.45, 2.75) is 65.5 Å². The van der Waals surface area contributed by atoms with Crippen molar-refractivity contribution in [2.75, 3.05) is 17.6 Å². The zero-order valence-corrected chi connectivity index (χ0v) is 15.0. The lowest BCUT2D eigenvalue weighted by Crippen LogP contribution is -2.33. The molecule has 0 unspecified atom stereocenters. The van der Waals surface area contributed by atoms with E-state index in [1.807, 2.05) is 32.9 Å². The summed E-state index contributed by atoms with van der Waals surface area (Å²) in [6.07, 6.45) is 2.62. The number of rotatable bonds is 7. The van der Waals surface area contributed by atoms with E-state index in [0.29, 0.717) is 12.6 Å². The number of nitrogens with one attached hydrogen (secondary N) is 2. The molecule has 0 saturated carbocycles. The highest BCUT2D eigenvalue weighted by Crippen LogP contribution is 2.24. The normalized spacial score (nSPS) is 12.6. The van der Waals surface area contributed by atoms with Gasteiger partial charge in [0.1, 0.15) is 5.60 Å². The molecule has 1 amide bonds. The molecular weight excluding hydrogens is 290 g/mol. The number of benzene rings is 1. The third kappa shape index (κ3) is 7.77. The van der Waals surface area contributed by atoms with Gasteiger partial charge in [-0.2, -0.15) is 0 Å². The Balaban J connectivity index is 2.22. The van der Waals surface area contributed by atoms with Crippen LogP contribution in [0.2, 0.25) is 0 Å². The fraction of sp³-hybridized carbons (Fsp3) is 0.611. The van der Waals surface area contributed by atoms with Crippen LogP contribution in [0.1, 0.15) is 52.5 Å². The summed E-state index contributed by atoms with van der Waals surface area (Å²) in [7, 11) is 0. The summed E-state index contributed by atoms with van der Waals surface area (Å²) in [6.45, 7) is 10.4. The van der Waals surface area contributed by atoms with Crippen molar-refractivity contribution in [3.05, 3.63) is 23.8 Å². The molecule has 0 saturated heterocycles. The number of hydrogen-bond donors (Lipinski definition) is 3. The Labute approximate surface area is 140 Å². The SMILES string of the molecule is Cc1cccc(N)c1N[C@@H](C)CCCCNC(=O)OC(C)(C)C. The summed E-state index contributed by atoms with van der Waals surface area (Å²) in [5, 5.41) is 6.25. The molecule has 5 heteroatoms. The highest BCUT2D eigenvalue weighted by Gasteiger charge is 2.15. The molecule has 0 aliphatic carbocycles. The van der Waals surface area contributed by atoms with E-state index in [0.717, 1.165) is 36.2 Å². The van der Waals surface area contributed by atoms with Gasteiger partial charge in [-0.05, 0) is 65.5 Å². The molecular formula is C18H31N3O2. The molecule has 0 heterocycles. The number of nitrogens with two attached hydrogens (primary N) is 1. The van der Waals surface area contributed by atoms with Crippen molar-refractivity contribution >= 4 is 17.5 Å². The standard InChI is InChI=1S/C18H31N3O2/c1-13-9-8-11-15(19)16(13)21-14(2)10-6-7-12-20-17(22)23-18(3,4)5/h8-9,11,14,21H,6-7,10,12,19H2,1-5H3,(H,20,22)/t14-/m0/s1. The van der Waals surface area contributed by atoms with Gasteiger partial charge < -0.3 is 21.1 Å². The molecule has 1 aromatic rings. The molecule has 0 aliphatic rings. The maximum atomic E-state index is 11.5. The molecule has 23 heavy (non-hydrogen) atoms. The lowest BCUT2D eigenvalue weighted by molar-refractivity contribution is 0.0527. The van der Waals surface area contributed by atoms with Crippen LogP contribution in [0.4, 0.5) is 16.2 Å². The molecule has 130 valence electrons. The number of carbonyl (C=O) groups excluding carboxylic acids is 1. The van der Waals surface area contributed by atoms with Crippen LogP contribution in [0.15, 0.2) is 18.2 Å². The van der Waals surface area contributed by atoms with Crippen molar-refractivity contribution in [3.8, 4) is 0 Å². The third-order valence-corrected chi connectivity index (χ3v) is 3.43. The number of hydrogen-bond acceptors (Lipinski definition) is 4. The van der Waals surface area contributed by atoms with Crippen LogP contribution in [0.3, 0.4) is 0 Å². The van der Waals surface area contributed by atoms with Crippen molar-refractivity contribution in [2.24, 2.45) is 0 Å². The largest absolute Gasteiger partial charge is 0.444 e. The van der Waals surface area contributed by atoms with Gasteiger partial charge >= 0.3 is 6.09 Å². The predicted molar refractivity (Wildman–Crippen MR) is 96.8 cm³/mol. The number of anilines is 2. The monoisotopic (exact) mass is 321 g/mol. The van der Waals surface area contributed by atoms with E-state index >= 15 is 0 Å². The number of ether oxygens (including phenoxy) is 1. The molecule has 0 fully saturated rings. The molecule has 1 aromatic carbocycles. The maximum absolute atomic E-state index is 11.5. The second-order valence-electron chi connectivity index (χ2n) is 7.01. The van der Waals surface area contributed by atoms with Crippen LogP contribution in [-0.2, 0) is 4.74 Å². The first-order chi connectivity index (χ1) is 10.7.